The molecule has 1 aromatic heterocycles. The molecule has 0 atom stereocenters. The first-order valence-electron chi connectivity index (χ1n) is 4.22. The molecule has 5 heteroatoms. The predicted octanol–water partition coefficient (Wildman–Crippen LogP) is 1.93. The number of carboxylic acid groups (broad SMARTS) is 1. The highest BCUT2D eigenvalue weighted by Gasteiger charge is 2.26. The highest BCUT2D eigenvalue weighted by molar-refractivity contribution is 14.1. The van der Waals surface area contributed by atoms with Gasteiger partial charge in [-0.15, -0.1) is 0 Å². The van der Waals surface area contributed by atoms with Crippen molar-refractivity contribution in [2.75, 3.05) is 0 Å². The number of hydrogen-bond donors (Lipinski definition) is 1. The summed E-state index contributed by atoms with van der Waals surface area (Å²) in [6.45, 7) is 0. The van der Waals surface area contributed by atoms with Crippen molar-refractivity contribution < 1.29 is 14.6 Å². The number of carbonyl (C=O) groups is 1. The summed E-state index contributed by atoms with van der Waals surface area (Å²) in [5.41, 5.74) is 0.215. The molecule has 0 spiro atoms. The third kappa shape index (κ3) is 1.97. The van der Waals surface area contributed by atoms with Gasteiger partial charge in [-0.3, -0.25) is 4.98 Å². The van der Waals surface area contributed by atoms with Crippen molar-refractivity contribution in [3.8, 4) is 5.75 Å². The standard InChI is InChI=1S/C9H8INO3/c10-6-3-11-4-7(8(6)9(12)13)14-5-1-2-5/h3-5H,1-2H2,(H,12,13). The van der Waals surface area contributed by atoms with E-state index in [9.17, 15) is 4.79 Å². The highest BCUT2D eigenvalue weighted by Crippen LogP contribution is 2.30. The van der Waals surface area contributed by atoms with Gasteiger partial charge >= 0.3 is 5.97 Å². The first-order chi connectivity index (χ1) is 6.68. The maximum atomic E-state index is 10.9. The minimum atomic E-state index is -0.965. The van der Waals surface area contributed by atoms with Crippen molar-refractivity contribution >= 4 is 28.6 Å². The van der Waals surface area contributed by atoms with Crippen molar-refractivity contribution in [3.05, 3.63) is 21.5 Å². The molecule has 0 saturated heterocycles. The van der Waals surface area contributed by atoms with E-state index in [4.69, 9.17) is 9.84 Å². The van der Waals surface area contributed by atoms with E-state index >= 15 is 0 Å². The number of aromatic carboxylic acids is 1. The van der Waals surface area contributed by atoms with E-state index in [0.29, 0.717) is 9.32 Å². The molecule has 14 heavy (non-hydrogen) atoms. The first kappa shape index (κ1) is 9.70. The number of ether oxygens (including phenoxy) is 1. The molecule has 1 aliphatic rings. The molecule has 1 fully saturated rings. The van der Waals surface area contributed by atoms with E-state index in [-0.39, 0.29) is 11.7 Å². The number of pyridine rings is 1. The third-order valence-corrected chi connectivity index (χ3v) is 2.71. The molecule has 1 heterocycles. The lowest BCUT2D eigenvalue weighted by atomic mass is 10.2. The molecule has 1 aliphatic carbocycles. The van der Waals surface area contributed by atoms with Crippen molar-refractivity contribution in [3.63, 3.8) is 0 Å². The second-order valence-corrected chi connectivity index (χ2v) is 4.28. The van der Waals surface area contributed by atoms with Crippen LogP contribution >= 0.6 is 22.6 Å². The van der Waals surface area contributed by atoms with Crippen molar-refractivity contribution in [2.45, 2.75) is 18.9 Å². The summed E-state index contributed by atoms with van der Waals surface area (Å²) in [6, 6.07) is 0. The van der Waals surface area contributed by atoms with Gasteiger partial charge in [0.15, 0.2) is 5.75 Å². The highest BCUT2D eigenvalue weighted by atomic mass is 127. The van der Waals surface area contributed by atoms with Crippen LogP contribution in [0.3, 0.4) is 0 Å². The van der Waals surface area contributed by atoms with Crippen LogP contribution in [0, 0.1) is 3.57 Å². The fourth-order valence-electron chi connectivity index (χ4n) is 1.08. The quantitative estimate of drug-likeness (QED) is 0.867. The van der Waals surface area contributed by atoms with Gasteiger partial charge in [-0.25, -0.2) is 4.79 Å². The molecular formula is C9H8INO3. The molecule has 0 unspecified atom stereocenters. The van der Waals surface area contributed by atoms with Crippen molar-refractivity contribution in [2.24, 2.45) is 0 Å². The van der Waals surface area contributed by atoms with E-state index in [1.54, 1.807) is 0 Å². The summed E-state index contributed by atoms with van der Waals surface area (Å²) < 4.78 is 6.06. The zero-order valence-corrected chi connectivity index (χ0v) is 9.39. The van der Waals surface area contributed by atoms with Crippen LogP contribution in [-0.2, 0) is 0 Å². The SMILES string of the molecule is O=C(O)c1c(I)cncc1OC1CC1. The zero-order valence-electron chi connectivity index (χ0n) is 7.24. The summed E-state index contributed by atoms with van der Waals surface area (Å²) in [5.74, 6) is -0.584. The van der Waals surface area contributed by atoms with Crippen LogP contribution in [0.5, 0.6) is 5.75 Å². The van der Waals surface area contributed by atoms with Gasteiger partial charge in [0.05, 0.1) is 12.3 Å². The molecule has 0 aliphatic heterocycles. The number of nitrogens with zero attached hydrogens (tertiary/aromatic N) is 1. The largest absolute Gasteiger partial charge is 0.488 e. The van der Waals surface area contributed by atoms with Crippen molar-refractivity contribution in [1.82, 2.24) is 4.98 Å². The number of carboxylic acids is 1. The Morgan fingerprint density at radius 3 is 2.86 bits per heavy atom. The Morgan fingerprint density at radius 2 is 2.29 bits per heavy atom. The second-order valence-electron chi connectivity index (χ2n) is 3.12. The Morgan fingerprint density at radius 1 is 1.57 bits per heavy atom. The molecule has 0 amide bonds. The van der Waals surface area contributed by atoms with E-state index < -0.39 is 5.97 Å². The van der Waals surface area contributed by atoms with Gasteiger partial charge in [-0.2, -0.15) is 0 Å². The maximum absolute atomic E-state index is 10.9. The van der Waals surface area contributed by atoms with Gasteiger partial charge in [-0.1, -0.05) is 0 Å². The summed E-state index contributed by atoms with van der Waals surface area (Å²) in [4.78, 5) is 14.8. The fourth-order valence-corrected chi connectivity index (χ4v) is 1.74. The molecule has 0 bridgehead atoms. The lowest BCUT2D eigenvalue weighted by Gasteiger charge is -2.08. The molecule has 0 radical (unpaired) electrons. The van der Waals surface area contributed by atoms with Crippen LogP contribution in [0.1, 0.15) is 23.2 Å². The van der Waals surface area contributed by atoms with Crippen molar-refractivity contribution in [1.29, 1.82) is 0 Å². The monoisotopic (exact) mass is 305 g/mol. The third-order valence-electron chi connectivity index (χ3n) is 1.90. The fraction of sp³-hybridized carbons (Fsp3) is 0.333. The topological polar surface area (TPSA) is 59.4 Å². The minimum absolute atomic E-state index is 0.188. The second kappa shape index (κ2) is 3.72. The number of aromatic nitrogens is 1. The lowest BCUT2D eigenvalue weighted by molar-refractivity contribution is 0.0690. The van der Waals surface area contributed by atoms with E-state index in [0.717, 1.165) is 12.8 Å². The minimum Gasteiger partial charge on any atom is -0.488 e. The van der Waals surface area contributed by atoms with Crippen LogP contribution in [-0.4, -0.2) is 22.2 Å². The van der Waals surface area contributed by atoms with Crippen LogP contribution in [0.25, 0.3) is 0 Å². The van der Waals surface area contributed by atoms with Crippen LogP contribution in [0.4, 0.5) is 0 Å². The molecule has 4 nitrogen and oxygen atoms in total. The number of hydrogen-bond acceptors (Lipinski definition) is 3. The van der Waals surface area contributed by atoms with Crippen LogP contribution in [0.2, 0.25) is 0 Å². The van der Waals surface area contributed by atoms with Gasteiger partial charge in [0.2, 0.25) is 0 Å². The lowest BCUT2D eigenvalue weighted by Crippen LogP contribution is -2.07. The Balaban J connectivity index is 2.35. The molecule has 2 rings (SSSR count). The molecular weight excluding hydrogens is 297 g/mol. The molecule has 0 aromatic carbocycles. The summed E-state index contributed by atoms with van der Waals surface area (Å²) in [7, 11) is 0. The van der Waals surface area contributed by atoms with Gasteiger partial charge in [0, 0.05) is 9.77 Å². The average Bonchev–Trinajstić information content (AvgIpc) is 2.87. The normalized spacial score (nSPS) is 15.2. The number of halogens is 1. The van der Waals surface area contributed by atoms with Gasteiger partial charge in [-0.05, 0) is 35.4 Å². The van der Waals surface area contributed by atoms with Gasteiger partial charge < -0.3 is 9.84 Å². The molecule has 1 saturated carbocycles. The summed E-state index contributed by atoms with van der Waals surface area (Å²) >= 11 is 1.95. The van der Waals surface area contributed by atoms with Crippen LogP contribution < -0.4 is 4.74 Å². The first-order valence-corrected chi connectivity index (χ1v) is 5.30. The smallest absolute Gasteiger partial charge is 0.340 e. The zero-order chi connectivity index (χ0) is 10.1. The van der Waals surface area contributed by atoms with E-state index in [2.05, 4.69) is 4.98 Å². The summed E-state index contributed by atoms with van der Waals surface area (Å²) in [5, 5.41) is 8.97. The van der Waals surface area contributed by atoms with Gasteiger partial charge in [0.1, 0.15) is 5.56 Å². The van der Waals surface area contributed by atoms with E-state index in [1.165, 1.54) is 12.4 Å². The van der Waals surface area contributed by atoms with Crippen LogP contribution in [0.15, 0.2) is 12.4 Å². The average molecular weight is 305 g/mol. The Bertz CT molecular complexity index is 376. The maximum Gasteiger partial charge on any atom is 0.340 e. The molecule has 1 aromatic rings. The van der Waals surface area contributed by atoms with Gasteiger partial charge in [0.25, 0.3) is 0 Å². The summed E-state index contributed by atoms with van der Waals surface area (Å²) in [6.07, 6.45) is 5.18. The molecule has 74 valence electrons. The number of rotatable bonds is 3. The molecule has 1 N–H and O–H groups in total. The van der Waals surface area contributed by atoms with E-state index in [1.807, 2.05) is 22.6 Å². The Labute approximate surface area is 94.4 Å². The predicted molar refractivity (Wildman–Crippen MR) is 57.6 cm³/mol. The Hall–Kier alpha value is -0.850. The Kier molecular flexibility index (Phi) is 2.58.